The van der Waals surface area contributed by atoms with Gasteiger partial charge in [-0.25, -0.2) is 4.68 Å². The van der Waals surface area contributed by atoms with E-state index in [1.54, 1.807) is 4.90 Å². The van der Waals surface area contributed by atoms with Crippen LogP contribution in [0.2, 0.25) is 5.02 Å². The molecule has 2 fully saturated rings. The Labute approximate surface area is 247 Å². The Morgan fingerprint density at radius 2 is 1.93 bits per heavy atom. The van der Waals surface area contributed by atoms with Crippen molar-refractivity contribution >= 4 is 51.9 Å². The average Bonchev–Trinajstić information content (AvgIpc) is 3.71. The van der Waals surface area contributed by atoms with Crippen LogP contribution < -0.4 is 4.74 Å². The summed E-state index contributed by atoms with van der Waals surface area (Å²) in [6, 6.07) is 25.3. The molecule has 6 nitrogen and oxygen atoms in total. The summed E-state index contributed by atoms with van der Waals surface area (Å²) in [6.07, 6.45) is 5.82. The van der Waals surface area contributed by atoms with E-state index < -0.39 is 0 Å². The number of benzene rings is 3. The maximum Gasteiger partial charge on any atom is 0.266 e. The summed E-state index contributed by atoms with van der Waals surface area (Å²) in [4.78, 5) is 15.6. The Kier molecular flexibility index (Phi) is 8.02. The molecule has 6 rings (SSSR count). The predicted molar refractivity (Wildman–Crippen MR) is 164 cm³/mol. The third kappa shape index (κ3) is 6.00. The lowest BCUT2D eigenvalue weighted by molar-refractivity contribution is -0.123. The van der Waals surface area contributed by atoms with Crippen LogP contribution in [0.1, 0.15) is 24.0 Å². The fourth-order valence-corrected chi connectivity index (χ4v) is 6.09. The number of hydrogen-bond acceptors (Lipinski definition) is 6. The summed E-state index contributed by atoms with van der Waals surface area (Å²) in [5.41, 5.74) is 4.38. The lowest BCUT2D eigenvalue weighted by atomic mass is 10.1. The molecule has 0 spiro atoms. The van der Waals surface area contributed by atoms with Gasteiger partial charge < -0.3 is 9.47 Å². The van der Waals surface area contributed by atoms with Crippen LogP contribution in [0.4, 0.5) is 0 Å². The number of aromatic nitrogens is 2. The minimum absolute atomic E-state index is 0.0360. The van der Waals surface area contributed by atoms with Gasteiger partial charge in [0.1, 0.15) is 22.4 Å². The molecule has 1 atom stereocenters. The molecule has 1 unspecified atom stereocenters. The van der Waals surface area contributed by atoms with Gasteiger partial charge in [-0.2, -0.15) is 5.10 Å². The van der Waals surface area contributed by atoms with E-state index in [4.69, 9.17) is 38.4 Å². The zero-order valence-electron chi connectivity index (χ0n) is 21.5. The van der Waals surface area contributed by atoms with Crippen molar-refractivity contribution in [2.24, 2.45) is 0 Å². The van der Waals surface area contributed by atoms with Gasteiger partial charge in [-0.3, -0.25) is 9.69 Å². The number of ether oxygens (including phenoxy) is 2. The minimum atomic E-state index is -0.0936. The van der Waals surface area contributed by atoms with Crippen LogP contribution in [0.5, 0.6) is 5.75 Å². The molecule has 2 saturated heterocycles. The largest absolute Gasteiger partial charge is 0.489 e. The lowest BCUT2D eigenvalue weighted by Crippen LogP contribution is -2.35. The first-order valence-electron chi connectivity index (χ1n) is 13.0. The normalized spacial score (nSPS) is 18.2. The Morgan fingerprint density at radius 1 is 1.10 bits per heavy atom. The highest BCUT2D eigenvalue weighted by molar-refractivity contribution is 8.26. The lowest BCUT2D eigenvalue weighted by Gasteiger charge is -2.18. The highest BCUT2D eigenvalue weighted by Gasteiger charge is 2.35. The predicted octanol–water partition coefficient (Wildman–Crippen LogP) is 7.15. The van der Waals surface area contributed by atoms with Crippen LogP contribution >= 0.6 is 35.6 Å². The maximum atomic E-state index is 13.4. The van der Waals surface area contributed by atoms with E-state index in [-0.39, 0.29) is 12.0 Å². The van der Waals surface area contributed by atoms with Crippen LogP contribution in [0.25, 0.3) is 23.0 Å². The van der Waals surface area contributed by atoms with E-state index in [1.165, 1.54) is 11.8 Å². The van der Waals surface area contributed by atoms with E-state index >= 15 is 0 Å². The fraction of sp³-hybridized carbons (Fsp3) is 0.194. The molecule has 0 N–H and O–H groups in total. The molecule has 1 amide bonds. The molecule has 2 aliphatic rings. The van der Waals surface area contributed by atoms with Crippen LogP contribution in [0.3, 0.4) is 0 Å². The number of amides is 1. The van der Waals surface area contributed by atoms with E-state index in [9.17, 15) is 4.79 Å². The third-order valence-corrected chi connectivity index (χ3v) is 8.39. The molecule has 202 valence electrons. The molecule has 9 heteroatoms. The van der Waals surface area contributed by atoms with Crippen LogP contribution in [0.15, 0.2) is 90.0 Å². The average molecular weight is 588 g/mol. The molecular formula is C31H26ClN3O3S2. The number of halogens is 1. The molecular weight excluding hydrogens is 562 g/mol. The molecule has 0 bridgehead atoms. The molecule has 3 heterocycles. The van der Waals surface area contributed by atoms with Gasteiger partial charge in [0.25, 0.3) is 5.91 Å². The van der Waals surface area contributed by atoms with E-state index in [0.29, 0.717) is 27.4 Å². The van der Waals surface area contributed by atoms with Gasteiger partial charge >= 0.3 is 0 Å². The fourth-order valence-electron chi connectivity index (χ4n) is 4.70. The molecule has 1 aromatic heterocycles. The van der Waals surface area contributed by atoms with Gasteiger partial charge in [-0.05, 0) is 60.9 Å². The molecule has 0 saturated carbocycles. The second kappa shape index (κ2) is 12.0. The second-order valence-electron chi connectivity index (χ2n) is 9.58. The molecule has 4 aromatic rings. The number of nitrogens with zero attached hydrogens (tertiary/aromatic N) is 3. The first-order chi connectivity index (χ1) is 19.5. The van der Waals surface area contributed by atoms with Crippen molar-refractivity contribution in [2.45, 2.75) is 25.6 Å². The number of carbonyl (C=O) groups is 1. The van der Waals surface area contributed by atoms with Crippen molar-refractivity contribution < 1.29 is 14.3 Å². The SMILES string of the molecule is O=C1C(=Cc2cn(-c3ccccc3)nc2-c2cccc(OCc3ccc(Cl)cc3)c2)SC(=S)N1CC1CCCO1. The molecule has 0 radical (unpaired) electrons. The first-order valence-corrected chi connectivity index (χ1v) is 14.6. The maximum absolute atomic E-state index is 13.4. The molecule has 3 aromatic carbocycles. The van der Waals surface area contributed by atoms with Gasteiger partial charge in [-0.15, -0.1) is 0 Å². The Hall–Kier alpha value is -3.43. The first kappa shape index (κ1) is 26.8. The van der Waals surface area contributed by atoms with Crippen LogP contribution in [0, 0.1) is 0 Å². The smallest absolute Gasteiger partial charge is 0.266 e. The summed E-state index contributed by atoms with van der Waals surface area (Å²) in [5, 5.41) is 5.61. The van der Waals surface area contributed by atoms with E-state index in [0.717, 1.165) is 53.3 Å². The highest BCUT2D eigenvalue weighted by atomic mass is 35.5. The minimum Gasteiger partial charge on any atom is -0.489 e. The quantitative estimate of drug-likeness (QED) is 0.161. The van der Waals surface area contributed by atoms with Crippen molar-refractivity contribution in [2.75, 3.05) is 13.2 Å². The van der Waals surface area contributed by atoms with E-state index in [1.807, 2.05) is 95.8 Å². The van der Waals surface area contributed by atoms with Crippen LogP contribution in [-0.4, -0.2) is 44.2 Å². The summed E-state index contributed by atoms with van der Waals surface area (Å²) < 4.78 is 14.2. The van der Waals surface area contributed by atoms with Crippen molar-refractivity contribution in [3.8, 4) is 22.7 Å². The Balaban J connectivity index is 1.31. The van der Waals surface area contributed by atoms with E-state index in [2.05, 4.69) is 0 Å². The Morgan fingerprint density at radius 3 is 2.70 bits per heavy atom. The highest BCUT2D eigenvalue weighted by Crippen LogP contribution is 2.36. The molecule has 2 aliphatic heterocycles. The summed E-state index contributed by atoms with van der Waals surface area (Å²) in [6.45, 7) is 1.64. The molecule has 0 aliphatic carbocycles. The number of para-hydroxylation sites is 1. The zero-order chi connectivity index (χ0) is 27.5. The standard InChI is InChI=1S/C31H26ClN3O3S2/c32-24-13-11-21(12-14-24)20-38-26-9-4-6-22(16-26)29-23(18-35(33-29)25-7-2-1-3-8-25)17-28-30(36)34(31(39)40-28)19-27-10-5-15-37-27/h1-4,6-9,11-14,16-18,27H,5,10,15,19-20H2. The van der Waals surface area contributed by atoms with Crippen LogP contribution in [-0.2, 0) is 16.1 Å². The summed E-state index contributed by atoms with van der Waals surface area (Å²) in [5.74, 6) is 0.625. The van der Waals surface area contributed by atoms with Crippen molar-refractivity contribution in [3.63, 3.8) is 0 Å². The topological polar surface area (TPSA) is 56.6 Å². The third-order valence-electron chi connectivity index (χ3n) is 6.76. The number of rotatable bonds is 8. The number of thioether (sulfide) groups is 1. The van der Waals surface area contributed by atoms with Crippen molar-refractivity contribution in [1.82, 2.24) is 14.7 Å². The number of carbonyl (C=O) groups excluding carboxylic acids is 1. The zero-order valence-corrected chi connectivity index (χ0v) is 23.9. The van der Waals surface area contributed by atoms with Gasteiger partial charge in [0.05, 0.1) is 23.2 Å². The monoisotopic (exact) mass is 587 g/mol. The van der Waals surface area contributed by atoms with Gasteiger partial charge in [-0.1, -0.05) is 78.0 Å². The molecule has 40 heavy (non-hydrogen) atoms. The summed E-state index contributed by atoms with van der Waals surface area (Å²) >= 11 is 12.9. The van der Waals surface area contributed by atoms with Gasteiger partial charge in [0.15, 0.2) is 0 Å². The number of thiocarbonyl (C=S) groups is 1. The second-order valence-corrected chi connectivity index (χ2v) is 11.7. The summed E-state index contributed by atoms with van der Waals surface area (Å²) in [7, 11) is 0. The van der Waals surface area contributed by atoms with Gasteiger partial charge in [0, 0.05) is 29.0 Å². The van der Waals surface area contributed by atoms with Gasteiger partial charge in [0.2, 0.25) is 0 Å². The van der Waals surface area contributed by atoms with Crippen molar-refractivity contribution in [1.29, 1.82) is 0 Å². The number of hydrogen-bond donors (Lipinski definition) is 0. The van der Waals surface area contributed by atoms with Crippen molar-refractivity contribution in [3.05, 3.63) is 106 Å². The Bertz CT molecular complexity index is 1560.